The fourth-order valence-corrected chi connectivity index (χ4v) is 6.58. The van der Waals surface area contributed by atoms with Crippen LogP contribution in [0.4, 0.5) is 5.69 Å². The summed E-state index contributed by atoms with van der Waals surface area (Å²) in [6.45, 7) is 0. The quantitative estimate of drug-likeness (QED) is 0.507. The van der Waals surface area contributed by atoms with Gasteiger partial charge in [0.25, 0.3) is 5.69 Å². The third-order valence-corrected chi connectivity index (χ3v) is 7.73. The van der Waals surface area contributed by atoms with E-state index >= 15 is 0 Å². The van der Waals surface area contributed by atoms with Crippen LogP contribution in [0.5, 0.6) is 0 Å². The van der Waals surface area contributed by atoms with Gasteiger partial charge in [-0.15, -0.1) is 11.8 Å². The van der Waals surface area contributed by atoms with E-state index < -0.39 is 0 Å². The van der Waals surface area contributed by atoms with Gasteiger partial charge >= 0.3 is 0 Å². The van der Waals surface area contributed by atoms with E-state index in [9.17, 15) is 10.1 Å². The lowest BCUT2D eigenvalue weighted by atomic mass is 9.87. The summed E-state index contributed by atoms with van der Waals surface area (Å²) >= 11 is 9.84. The predicted octanol–water partition coefficient (Wildman–Crippen LogP) is 5.42. The third kappa shape index (κ3) is 2.89. The van der Waals surface area contributed by atoms with E-state index in [1.54, 1.807) is 12.1 Å². The van der Waals surface area contributed by atoms with Crippen molar-refractivity contribution in [2.45, 2.75) is 36.9 Å². The van der Waals surface area contributed by atoms with Gasteiger partial charge in [0, 0.05) is 22.6 Å². The molecule has 4 nitrogen and oxygen atoms in total. The molecule has 0 radical (unpaired) electrons. The van der Waals surface area contributed by atoms with Crippen molar-refractivity contribution < 1.29 is 4.92 Å². The van der Waals surface area contributed by atoms with Gasteiger partial charge in [0.1, 0.15) is 5.02 Å². The molecule has 0 amide bonds. The molecule has 126 valence electrons. The number of nitro groups is 1. The Balaban J connectivity index is 1.82. The molecular weight excluding hydrogens is 364 g/mol. The van der Waals surface area contributed by atoms with Gasteiger partial charge in [-0.2, -0.15) is 11.8 Å². The average Bonchev–Trinajstić information content (AvgIpc) is 2.60. The molecule has 0 aromatic heterocycles. The molecule has 1 fully saturated rings. The SMILES string of the molecule is O=[N+]([O-])c1cc(C2C3=C(CCCS3)N=C3CCCSC32)ccc1Cl. The first-order valence-corrected chi connectivity index (χ1v) is 10.5. The van der Waals surface area contributed by atoms with E-state index in [1.807, 2.05) is 29.6 Å². The molecule has 0 bridgehead atoms. The Kier molecular flexibility index (Phi) is 4.62. The van der Waals surface area contributed by atoms with Crippen molar-refractivity contribution in [3.8, 4) is 0 Å². The zero-order valence-electron chi connectivity index (χ0n) is 13.0. The van der Waals surface area contributed by atoms with Crippen LogP contribution in [0, 0.1) is 10.1 Å². The molecule has 0 spiro atoms. The zero-order chi connectivity index (χ0) is 16.7. The Bertz CT molecular complexity index is 763. The van der Waals surface area contributed by atoms with Crippen LogP contribution in [0.25, 0.3) is 0 Å². The van der Waals surface area contributed by atoms with E-state index in [0.717, 1.165) is 36.3 Å². The van der Waals surface area contributed by atoms with Crippen LogP contribution in [0.2, 0.25) is 5.02 Å². The van der Waals surface area contributed by atoms with Gasteiger partial charge in [0.2, 0.25) is 0 Å². The van der Waals surface area contributed by atoms with Gasteiger partial charge < -0.3 is 0 Å². The number of hydrogen-bond donors (Lipinski definition) is 0. The maximum atomic E-state index is 11.3. The zero-order valence-corrected chi connectivity index (χ0v) is 15.4. The molecule has 1 aromatic rings. The van der Waals surface area contributed by atoms with Crippen molar-refractivity contribution in [2.24, 2.45) is 4.99 Å². The number of nitrogens with zero attached hydrogens (tertiary/aromatic N) is 2. The van der Waals surface area contributed by atoms with Crippen LogP contribution in [0.15, 0.2) is 33.8 Å². The minimum absolute atomic E-state index is 0.00185. The van der Waals surface area contributed by atoms with Gasteiger partial charge in [0.05, 0.1) is 15.9 Å². The maximum absolute atomic E-state index is 11.3. The second kappa shape index (κ2) is 6.73. The van der Waals surface area contributed by atoms with Crippen molar-refractivity contribution in [1.29, 1.82) is 0 Å². The first kappa shape index (κ1) is 16.5. The maximum Gasteiger partial charge on any atom is 0.288 e. The molecule has 3 aliphatic rings. The first-order valence-electron chi connectivity index (χ1n) is 8.14. The molecule has 1 aromatic carbocycles. The molecule has 3 aliphatic heterocycles. The highest BCUT2D eigenvalue weighted by Gasteiger charge is 2.39. The average molecular weight is 381 g/mol. The smallest absolute Gasteiger partial charge is 0.260 e. The highest BCUT2D eigenvalue weighted by Crippen LogP contribution is 2.50. The molecule has 2 unspecified atom stereocenters. The first-order chi connectivity index (χ1) is 11.6. The number of fused-ring (bicyclic) bond motifs is 1. The largest absolute Gasteiger partial charge is 0.288 e. The molecule has 0 aliphatic carbocycles. The Morgan fingerprint density at radius 3 is 2.92 bits per heavy atom. The molecular formula is C17H17ClN2O2S2. The van der Waals surface area contributed by atoms with Crippen LogP contribution < -0.4 is 0 Å². The lowest BCUT2D eigenvalue weighted by Crippen LogP contribution is -2.33. The number of aliphatic imine (C=N–C) groups is 1. The van der Waals surface area contributed by atoms with Crippen LogP contribution in [-0.2, 0) is 0 Å². The van der Waals surface area contributed by atoms with E-state index in [4.69, 9.17) is 16.6 Å². The number of nitro benzene ring substituents is 1. The van der Waals surface area contributed by atoms with E-state index in [-0.39, 0.29) is 21.6 Å². The summed E-state index contributed by atoms with van der Waals surface area (Å²) in [6, 6.07) is 5.30. The van der Waals surface area contributed by atoms with Crippen molar-refractivity contribution in [3.63, 3.8) is 0 Å². The molecule has 1 saturated heterocycles. The number of rotatable bonds is 2. The summed E-state index contributed by atoms with van der Waals surface area (Å²) < 4.78 is 0. The van der Waals surface area contributed by atoms with Crippen LogP contribution in [0.3, 0.4) is 0 Å². The highest BCUT2D eigenvalue weighted by atomic mass is 35.5. The predicted molar refractivity (Wildman–Crippen MR) is 102 cm³/mol. The molecule has 3 heterocycles. The monoisotopic (exact) mass is 380 g/mol. The second-order valence-electron chi connectivity index (χ2n) is 6.21. The van der Waals surface area contributed by atoms with Gasteiger partial charge in [-0.1, -0.05) is 17.7 Å². The Labute approximate surface area is 154 Å². The van der Waals surface area contributed by atoms with Gasteiger partial charge in [0.15, 0.2) is 0 Å². The van der Waals surface area contributed by atoms with Crippen molar-refractivity contribution in [1.82, 2.24) is 0 Å². The molecule has 4 rings (SSSR count). The fraction of sp³-hybridized carbons (Fsp3) is 0.471. The van der Waals surface area contributed by atoms with Crippen molar-refractivity contribution in [3.05, 3.63) is 49.5 Å². The van der Waals surface area contributed by atoms with Gasteiger partial charge in [-0.05, 0) is 48.8 Å². The summed E-state index contributed by atoms with van der Waals surface area (Å²) in [5.41, 5.74) is 3.49. The van der Waals surface area contributed by atoms with E-state index in [0.29, 0.717) is 5.25 Å². The third-order valence-electron chi connectivity index (χ3n) is 4.69. The summed E-state index contributed by atoms with van der Waals surface area (Å²) in [5, 5.41) is 11.8. The Hall–Kier alpha value is -0.980. The van der Waals surface area contributed by atoms with E-state index in [1.165, 1.54) is 22.7 Å². The molecule has 24 heavy (non-hydrogen) atoms. The number of benzene rings is 1. The lowest BCUT2D eigenvalue weighted by molar-refractivity contribution is -0.384. The van der Waals surface area contributed by atoms with E-state index in [2.05, 4.69) is 0 Å². The summed E-state index contributed by atoms with van der Waals surface area (Å²) in [5.74, 6) is 2.41. The lowest BCUT2D eigenvalue weighted by Gasteiger charge is -2.38. The fourth-order valence-electron chi connectivity index (χ4n) is 3.62. The molecule has 2 atom stereocenters. The number of halogens is 1. The normalized spacial score (nSPS) is 26.5. The van der Waals surface area contributed by atoms with Gasteiger partial charge in [-0.25, -0.2) is 0 Å². The highest BCUT2D eigenvalue weighted by molar-refractivity contribution is 8.03. The summed E-state index contributed by atoms with van der Waals surface area (Å²) in [7, 11) is 0. The molecule has 0 saturated carbocycles. The minimum Gasteiger partial charge on any atom is -0.260 e. The van der Waals surface area contributed by atoms with Gasteiger partial charge in [-0.3, -0.25) is 15.1 Å². The number of thioether (sulfide) groups is 2. The van der Waals surface area contributed by atoms with Crippen LogP contribution in [-0.4, -0.2) is 27.4 Å². The van der Waals surface area contributed by atoms with Crippen molar-refractivity contribution >= 4 is 46.5 Å². The summed E-state index contributed by atoms with van der Waals surface area (Å²) in [6.07, 6.45) is 4.40. The van der Waals surface area contributed by atoms with Crippen LogP contribution >= 0.6 is 35.1 Å². The number of hydrogen-bond acceptors (Lipinski definition) is 5. The van der Waals surface area contributed by atoms with Crippen molar-refractivity contribution in [2.75, 3.05) is 11.5 Å². The Morgan fingerprint density at radius 2 is 2.08 bits per heavy atom. The summed E-state index contributed by atoms with van der Waals surface area (Å²) in [4.78, 5) is 17.2. The Morgan fingerprint density at radius 1 is 1.25 bits per heavy atom. The number of allylic oxidation sites excluding steroid dienone is 2. The topological polar surface area (TPSA) is 55.5 Å². The molecule has 7 heteroatoms. The molecule has 0 N–H and O–H groups in total. The second-order valence-corrected chi connectivity index (χ2v) is 9.00. The van der Waals surface area contributed by atoms with Crippen LogP contribution in [0.1, 0.15) is 37.2 Å². The standard InChI is InChI=1S/C17H17ClN2O2S2/c18-11-6-5-10(9-14(11)20(21)22)15-16-12(3-1-7-23-16)19-13-4-2-8-24-17(13)15/h5-6,9,15-16H,1-4,7-8H2. The minimum atomic E-state index is -0.388.